The maximum Gasteiger partial charge on any atom is 0.236 e. The second-order valence-corrected chi connectivity index (χ2v) is 8.03. The van der Waals surface area contributed by atoms with Crippen molar-refractivity contribution in [2.75, 3.05) is 0 Å². The highest BCUT2D eigenvalue weighted by atomic mass is 16.1. The minimum absolute atomic E-state index is 0.00398. The van der Waals surface area contributed by atoms with Crippen molar-refractivity contribution in [3.05, 3.63) is 120 Å². The van der Waals surface area contributed by atoms with Crippen molar-refractivity contribution in [3.63, 3.8) is 0 Å². The maximum atomic E-state index is 13.6. The maximum absolute atomic E-state index is 13.6. The van der Waals surface area contributed by atoms with E-state index >= 15 is 0 Å². The summed E-state index contributed by atoms with van der Waals surface area (Å²) in [4.78, 5) is 13.6. The van der Waals surface area contributed by atoms with Gasteiger partial charge in [0.2, 0.25) is 5.78 Å². The highest BCUT2D eigenvalue weighted by molar-refractivity contribution is 6.09. The smallest absolute Gasteiger partial charge is 0.236 e. The van der Waals surface area contributed by atoms with Crippen LogP contribution in [0.5, 0.6) is 0 Å². The summed E-state index contributed by atoms with van der Waals surface area (Å²) >= 11 is 0. The Bertz CT molecular complexity index is 1750. The molecule has 3 aromatic carbocycles. The third-order valence-electron chi connectivity index (χ3n) is 5.84. The minimum Gasteiger partial charge on any atom is -0.285 e. The Hall–Kier alpha value is -5.42. The molecule has 0 bridgehead atoms. The number of fused-ring (bicyclic) bond motifs is 1. The number of rotatable bonds is 5. The molecule has 0 spiro atoms. The van der Waals surface area contributed by atoms with Crippen molar-refractivity contribution >= 4 is 11.4 Å². The van der Waals surface area contributed by atoms with E-state index < -0.39 is 5.78 Å². The molecule has 36 heavy (non-hydrogen) atoms. The molecule has 0 radical (unpaired) electrons. The quantitative estimate of drug-likeness (QED) is 0.339. The molecule has 0 saturated carbocycles. The van der Waals surface area contributed by atoms with Gasteiger partial charge in [0, 0.05) is 11.1 Å². The van der Waals surface area contributed by atoms with Gasteiger partial charge in [0.1, 0.15) is 11.6 Å². The summed E-state index contributed by atoms with van der Waals surface area (Å²) in [6, 6.07) is 30.7. The molecule has 3 aromatic heterocycles. The number of hydrogen-bond donors (Lipinski definition) is 0. The first-order valence-corrected chi connectivity index (χ1v) is 11.2. The first-order valence-electron chi connectivity index (χ1n) is 11.2. The van der Waals surface area contributed by atoms with Gasteiger partial charge in [-0.1, -0.05) is 78.9 Å². The molecule has 0 unspecified atom stereocenters. The Morgan fingerprint density at radius 1 is 0.806 bits per heavy atom. The number of carbonyl (C=O) groups excluding carboxylic acids is 1. The van der Waals surface area contributed by atoms with Crippen LogP contribution in [0.25, 0.3) is 33.7 Å². The van der Waals surface area contributed by atoms with Crippen LogP contribution in [-0.2, 0) is 0 Å². The Balaban J connectivity index is 1.49. The fourth-order valence-corrected chi connectivity index (χ4v) is 4.14. The molecule has 0 N–H and O–H groups in total. The van der Waals surface area contributed by atoms with Crippen LogP contribution in [0, 0.1) is 11.3 Å². The highest BCUT2D eigenvalue weighted by Crippen LogP contribution is 2.30. The number of carbonyl (C=O) groups is 1. The van der Waals surface area contributed by atoms with E-state index in [1.165, 1.54) is 10.7 Å². The summed E-state index contributed by atoms with van der Waals surface area (Å²) in [6.45, 7) is 0. The molecular formula is C28H17N7O. The van der Waals surface area contributed by atoms with E-state index in [1.54, 1.807) is 10.9 Å². The van der Waals surface area contributed by atoms with Gasteiger partial charge in [-0.25, -0.2) is 9.20 Å². The van der Waals surface area contributed by atoms with Crippen molar-refractivity contribution in [2.45, 2.75) is 0 Å². The zero-order valence-electron chi connectivity index (χ0n) is 18.9. The number of para-hydroxylation sites is 1. The largest absolute Gasteiger partial charge is 0.285 e. The Morgan fingerprint density at radius 2 is 1.44 bits per heavy atom. The van der Waals surface area contributed by atoms with Crippen LogP contribution in [0.15, 0.2) is 103 Å². The summed E-state index contributed by atoms with van der Waals surface area (Å²) < 4.78 is 3.13. The lowest BCUT2D eigenvalue weighted by molar-refractivity contribution is 0.102. The third kappa shape index (κ3) is 3.52. The minimum atomic E-state index is -0.510. The first kappa shape index (κ1) is 21.1. The normalized spacial score (nSPS) is 10.9. The molecule has 0 fully saturated rings. The lowest BCUT2D eigenvalue weighted by Gasteiger charge is -2.07. The zero-order chi connectivity index (χ0) is 24.5. The SMILES string of the molecule is N#Cc1c(C(=O)c2cn3ncc(-c4ccccc4)c3nn2)nn(-c2ccccc2)c1-c1ccccc1. The summed E-state index contributed by atoms with van der Waals surface area (Å²) in [5.41, 5.74) is 4.52. The molecule has 0 atom stereocenters. The number of nitriles is 1. The summed E-state index contributed by atoms with van der Waals surface area (Å²) in [5, 5.41) is 27.5. The van der Waals surface area contributed by atoms with Crippen molar-refractivity contribution < 1.29 is 4.79 Å². The lowest BCUT2D eigenvalue weighted by atomic mass is 10.0. The van der Waals surface area contributed by atoms with Gasteiger partial charge in [0.25, 0.3) is 0 Å². The summed E-state index contributed by atoms with van der Waals surface area (Å²) in [7, 11) is 0. The summed E-state index contributed by atoms with van der Waals surface area (Å²) in [6.07, 6.45) is 3.20. The zero-order valence-corrected chi connectivity index (χ0v) is 18.9. The Morgan fingerprint density at radius 3 is 2.11 bits per heavy atom. The van der Waals surface area contributed by atoms with Crippen LogP contribution in [0.3, 0.4) is 0 Å². The van der Waals surface area contributed by atoms with E-state index in [4.69, 9.17) is 0 Å². The van der Waals surface area contributed by atoms with Crippen LogP contribution in [-0.4, -0.2) is 35.4 Å². The number of aromatic nitrogens is 6. The molecule has 170 valence electrons. The van der Waals surface area contributed by atoms with E-state index in [-0.39, 0.29) is 17.0 Å². The Kier molecular flexibility index (Phi) is 5.13. The van der Waals surface area contributed by atoms with Gasteiger partial charge < -0.3 is 0 Å². The van der Waals surface area contributed by atoms with Crippen molar-refractivity contribution in [3.8, 4) is 34.1 Å². The average molecular weight is 467 g/mol. The van der Waals surface area contributed by atoms with Crippen molar-refractivity contribution in [1.29, 1.82) is 5.26 Å². The molecule has 8 nitrogen and oxygen atoms in total. The van der Waals surface area contributed by atoms with E-state index in [0.717, 1.165) is 22.4 Å². The number of hydrogen-bond acceptors (Lipinski definition) is 6. The van der Waals surface area contributed by atoms with Gasteiger partial charge in [-0.3, -0.25) is 4.79 Å². The van der Waals surface area contributed by atoms with Gasteiger partial charge in [-0.2, -0.15) is 15.5 Å². The van der Waals surface area contributed by atoms with E-state index in [0.29, 0.717) is 11.3 Å². The fraction of sp³-hybridized carbons (Fsp3) is 0. The predicted octanol–water partition coefficient (Wildman–Crippen LogP) is 4.75. The molecule has 0 aliphatic rings. The van der Waals surface area contributed by atoms with Gasteiger partial charge in [0.05, 0.1) is 23.8 Å². The van der Waals surface area contributed by atoms with Gasteiger partial charge in [-0.05, 0) is 17.7 Å². The van der Waals surface area contributed by atoms with Gasteiger partial charge >= 0.3 is 0 Å². The standard InChI is InChI=1S/C28H17N7O/c29-16-22-25(33-35(21-14-8-3-9-15-21)26(22)20-12-6-2-7-13-20)27(36)24-18-34-28(32-31-24)23(17-30-34)19-10-4-1-5-11-19/h1-15,17-18H. The molecular weight excluding hydrogens is 450 g/mol. The van der Waals surface area contributed by atoms with E-state index in [2.05, 4.69) is 26.5 Å². The Labute approximate surface area is 205 Å². The van der Waals surface area contributed by atoms with E-state index in [1.807, 2.05) is 91.0 Å². The molecule has 0 aliphatic carbocycles. The number of nitrogens with zero attached hydrogens (tertiary/aromatic N) is 7. The van der Waals surface area contributed by atoms with Crippen molar-refractivity contribution in [2.24, 2.45) is 0 Å². The first-order chi connectivity index (χ1) is 17.7. The second kappa shape index (κ2) is 8.74. The molecule has 0 amide bonds. The van der Waals surface area contributed by atoms with Crippen LogP contribution in [0.4, 0.5) is 0 Å². The molecule has 8 heteroatoms. The molecule has 6 rings (SSSR count). The highest BCUT2D eigenvalue weighted by Gasteiger charge is 2.27. The topological polar surface area (TPSA) is 102 Å². The lowest BCUT2D eigenvalue weighted by Crippen LogP contribution is -2.10. The second-order valence-electron chi connectivity index (χ2n) is 8.03. The van der Waals surface area contributed by atoms with Gasteiger partial charge in [0.15, 0.2) is 17.0 Å². The van der Waals surface area contributed by atoms with E-state index in [9.17, 15) is 10.1 Å². The monoisotopic (exact) mass is 467 g/mol. The van der Waals surface area contributed by atoms with Crippen LogP contribution in [0.1, 0.15) is 21.7 Å². The third-order valence-corrected chi connectivity index (χ3v) is 5.84. The molecule has 0 saturated heterocycles. The number of benzene rings is 3. The molecule has 0 aliphatic heterocycles. The molecule has 3 heterocycles. The average Bonchev–Trinajstić information content (AvgIpc) is 3.55. The summed E-state index contributed by atoms with van der Waals surface area (Å²) in [5.74, 6) is -0.510. The van der Waals surface area contributed by atoms with Crippen LogP contribution < -0.4 is 0 Å². The predicted molar refractivity (Wildman–Crippen MR) is 133 cm³/mol. The van der Waals surface area contributed by atoms with Crippen LogP contribution >= 0.6 is 0 Å². The van der Waals surface area contributed by atoms with Crippen LogP contribution in [0.2, 0.25) is 0 Å². The van der Waals surface area contributed by atoms with Crippen molar-refractivity contribution in [1.82, 2.24) is 29.6 Å². The fourth-order valence-electron chi connectivity index (χ4n) is 4.14. The molecule has 6 aromatic rings. The number of ketones is 1. The van der Waals surface area contributed by atoms with Gasteiger partial charge in [-0.15, -0.1) is 10.2 Å².